The molecule has 0 saturated carbocycles. The van der Waals surface area contributed by atoms with Gasteiger partial charge in [-0.15, -0.1) is 0 Å². The second-order valence-corrected chi connectivity index (χ2v) is 16.1. The van der Waals surface area contributed by atoms with Crippen LogP contribution in [0.5, 0.6) is 0 Å². The average molecular weight is 647 g/mol. The van der Waals surface area contributed by atoms with Gasteiger partial charge in [0, 0.05) is 25.7 Å². The number of ketones is 1. The van der Waals surface area contributed by atoms with E-state index in [1.165, 1.54) is 18.3 Å². The van der Waals surface area contributed by atoms with E-state index in [0.717, 1.165) is 19.9 Å². The second-order valence-electron chi connectivity index (χ2n) is 12.3. The van der Waals surface area contributed by atoms with Crippen molar-refractivity contribution in [2.75, 3.05) is 14.1 Å². The van der Waals surface area contributed by atoms with Gasteiger partial charge in [-0.2, -0.15) is 5.26 Å². The number of benzene rings is 4. The van der Waals surface area contributed by atoms with Crippen molar-refractivity contribution in [3.8, 4) is 6.07 Å². The molecule has 1 radical (unpaired) electrons. The topological polar surface area (TPSA) is 92.4 Å². The summed E-state index contributed by atoms with van der Waals surface area (Å²) in [7, 11) is -2.58. The minimum absolute atomic E-state index is 0.0318. The maximum Gasteiger partial charge on any atom is 0.283 e. The molecule has 46 heavy (non-hydrogen) atoms. The fraction of sp³-hybridized carbons (Fsp3) is 0.189. The summed E-state index contributed by atoms with van der Waals surface area (Å²) < 4.78 is 36.7. The first-order chi connectivity index (χ1) is 21.9. The summed E-state index contributed by atoms with van der Waals surface area (Å²) >= 11 is 0. The molecule has 0 fully saturated rings. The molecule has 9 heteroatoms. The van der Waals surface area contributed by atoms with E-state index in [2.05, 4.69) is 45.0 Å². The van der Waals surface area contributed by atoms with Gasteiger partial charge >= 0.3 is 0 Å². The number of carbonyl (C=O) groups excluding carboxylic acids is 1. The van der Waals surface area contributed by atoms with Crippen LogP contribution in [0.15, 0.2) is 132 Å². The maximum absolute atomic E-state index is 14.3. The monoisotopic (exact) mass is 646 g/mol. The molecular weight excluding hydrogens is 611 g/mol. The zero-order valence-corrected chi connectivity index (χ0v) is 28.3. The number of aromatic nitrogens is 1. The lowest BCUT2D eigenvalue weighted by Gasteiger charge is -2.34. The largest absolute Gasteiger partial charge is 0.400 e. The van der Waals surface area contributed by atoms with Gasteiger partial charge in [-0.3, -0.25) is 4.79 Å². The predicted octanol–water partition coefficient (Wildman–Crippen LogP) is 5.94. The molecule has 0 bridgehead atoms. The predicted molar refractivity (Wildman–Crippen MR) is 184 cm³/mol. The molecule has 0 aliphatic carbocycles. The fourth-order valence-electron chi connectivity index (χ4n) is 5.35. The van der Waals surface area contributed by atoms with Gasteiger partial charge in [-0.25, -0.2) is 12.4 Å². The summed E-state index contributed by atoms with van der Waals surface area (Å²) in [6, 6.07) is 37.3. The van der Waals surface area contributed by atoms with Crippen molar-refractivity contribution in [1.82, 2.24) is 8.87 Å². The van der Waals surface area contributed by atoms with Crippen molar-refractivity contribution in [2.45, 2.75) is 31.8 Å². The summed E-state index contributed by atoms with van der Waals surface area (Å²) in [6.45, 7) is 6.28. The normalized spacial score (nSPS) is 13.0. The number of fused-ring (bicyclic) bond motifs is 1. The van der Waals surface area contributed by atoms with Crippen LogP contribution in [-0.4, -0.2) is 46.2 Å². The molecule has 7 nitrogen and oxygen atoms in total. The van der Waals surface area contributed by atoms with Crippen molar-refractivity contribution in [3.05, 3.63) is 138 Å². The Morgan fingerprint density at radius 3 is 1.91 bits per heavy atom. The van der Waals surface area contributed by atoms with Crippen LogP contribution in [0.25, 0.3) is 10.9 Å². The highest BCUT2D eigenvalue weighted by atomic mass is 32.2. The molecule has 0 aliphatic rings. The van der Waals surface area contributed by atoms with Crippen molar-refractivity contribution >= 4 is 46.1 Å². The van der Waals surface area contributed by atoms with Crippen molar-refractivity contribution in [3.63, 3.8) is 0 Å². The molecule has 5 aromatic rings. The average Bonchev–Trinajstić information content (AvgIpc) is 3.44. The number of hydrogen-bond donors (Lipinski definition) is 0. The van der Waals surface area contributed by atoms with Gasteiger partial charge in [0.15, 0.2) is 0 Å². The summed E-state index contributed by atoms with van der Waals surface area (Å²) in [5, 5.41) is 12.6. The minimum atomic E-state index is -4.24. The van der Waals surface area contributed by atoms with E-state index in [-0.39, 0.29) is 21.6 Å². The minimum Gasteiger partial charge on any atom is -0.400 e. The van der Waals surface area contributed by atoms with Crippen LogP contribution < -0.4 is 10.4 Å². The fourth-order valence-corrected chi connectivity index (χ4v) is 9.20. The molecule has 0 spiro atoms. The van der Waals surface area contributed by atoms with Gasteiger partial charge in [0.1, 0.15) is 17.3 Å². The Hall–Kier alpha value is -4.75. The highest BCUT2D eigenvalue weighted by Gasteiger charge is 2.34. The van der Waals surface area contributed by atoms with E-state index >= 15 is 0 Å². The molecule has 1 atom stereocenters. The summed E-state index contributed by atoms with van der Waals surface area (Å²) in [6.07, 6.45) is 0.960. The van der Waals surface area contributed by atoms with Crippen molar-refractivity contribution in [2.24, 2.45) is 5.41 Å². The van der Waals surface area contributed by atoms with Crippen LogP contribution in [-0.2, 0) is 14.4 Å². The smallest absolute Gasteiger partial charge is 0.283 e. The first-order valence-electron chi connectivity index (χ1n) is 14.9. The Bertz CT molecular complexity index is 1990. The number of Topliss-reactive ketones (excluding diaryl/α,β-unsaturated/α-hetero) is 1. The number of rotatable bonds is 10. The van der Waals surface area contributed by atoms with E-state index in [1.54, 1.807) is 49.3 Å². The molecule has 5 rings (SSSR count). The third kappa shape index (κ3) is 6.75. The number of carbonyl (C=O) groups is 1. The number of allylic oxidation sites excluding steroid dienone is 1. The van der Waals surface area contributed by atoms with Crippen molar-refractivity contribution in [1.29, 1.82) is 5.26 Å². The van der Waals surface area contributed by atoms with Crippen LogP contribution in [0.3, 0.4) is 0 Å². The van der Waals surface area contributed by atoms with Crippen LogP contribution in [0, 0.1) is 16.7 Å². The quantitative estimate of drug-likeness (QED) is 0.0808. The van der Waals surface area contributed by atoms with E-state index in [9.17, 15) is 18.5 Å². The lowest BCUT2D eigenvalue weighted by Crippen LogP contribution is -2.47. The Balaban J connectivity index is 1.72. The van der Waals surface area contributed by atoms with Gasteiger partial charge in [-0.05, 0) is 45.6 Å². The zero-order chi connectivity index (χ0) is 33.1. The molecule has 1 aromatic heterocycles. The first kappa shape index (κ1) is 32.6. The van der Waals surface area contributed by atoms with Crippen LogP contribution in [0.4, 0.5) is 0 Å². The zero-order valence-electron chi connectivity index (χ0n) is 26.5. The maximum atomic E-state index is 14.3. The van der Waals surface area contributed by atoms with Crippen LogP contribution in [0.1, 0.15) is 42.9 Å². The van der Waals surface area contributed by atoms with E-state index in [1.807, 2.05) is 54.6 Å². The molecule has 233 valence electrons. The Morgan fingerprint density at radius 2 is 1.41 bits per heavy atom. The number of nitrogens with zero attached hydrogens (tertiary/aromatic N) is 3. The molecule has 1 unspecified atom stereocenters. The van der Waals surface area contributed by atoms with Crippen LogP contribution >= 0.6 is 0 Å². The summed E-state index contributed by atoms with van der Waals surface area (Å²) in [5.41, 5.74) is 0.436. The molecule has 0 amide bonds. The van der Waals surface area contributed by atoms with Gasteiger partial charge in [0.05, 0.1) is 16.5 Å². The molecule has 0 aliphatic heterocycles. The summed E-state index contributed by atoms with van der Waals surface area (Å²) in [5.74, 6) is -0.685. The molecule has 1 heterocycles. The van der Waals surface area contributed by atoms with Crippen molar-refractivity contribution < 1.29 is 17.6 Å². The Morgan fingerprint density at radius 1 is 0.870 bits per heavy atom. The lowest BCUT2D eigenvalue weighted by atomic mass is 9.84. The number of nitriles is 1. The van der Waals surface area contributed by atoms with Crippen LogP contribution in [0.2, 0.25) is 0 Å². The van der Waals surface area contributed by atoms with Gasteiger partial charge < -0.3 is 9.33 Å². The molecular formula is C37H36N3O4SSi. The highest BCUT2D eigenvalue weighted by molar-refractivity contribution is 7.90. The van der Waals surface area contributed by atoms with E-state index in [0.29, 0.717) is 10.9 Å². The highest BCUT2D eigenvalue weighted by Crippen LogP contribution is 2.39. The third-order valence-corrected chi connectivity index (χ3v) is 11.4. The molecule has 0 N–H and O–H groups in total. The van der Waals surface area contributed by atoms with Gasteiger partial charge in [0.2, 0.25) is 5.78 Å². The number of hydrogen-bond acceptors (Lipinski definition) is 6. The third-order valence-electron chi connectivity index (χ3n) is 7.45. The lowest BCUT2D eigenvalue weighted by molar-refractivity contribution is 0.0898. The van der Waals surface area contributed by atoms with Gasteiger partial charge in [-0.1, -0.05) is 112 Å². The molecule has 4 aromatic carbocycles. The van der Waals surface area contributed by atoms with Gasteiger partial charge in [0.25, 0.3) is 19.1 Å². The first-order valence-corrected chi connectivity index (χ1v) is 17.7. The SMILES string of the molecule is CN(C)/C=C(\C#N)C(=O)c1cc2ccc(C(O[Si](c3ccccc3)c3ccccc3)C(C)(C)C)cc2n1S(=O)(=O)c1ccccc1. The van der Waals surface area contributed by atoms with E-state index < -0.39 is 31.0 Å². The Kier molecular flexibility index (Phi) is 9.44. The second kappa shape index (κ2) is 13.3. The molecule has 0 saturated heterocycles. The summed E-state index contributed by atoms with van der Waals surface area (Å²) in [4.78, 5) is 15.4. The standard InChI is InChI=1S/C37H36N3O4SSi/c1-37(2,3)36(44-46(31-17-11-7-12-18-31)32-19-13-8-14-20-32)28-22-21-27-23-34(35(41)29(25-38)26-39(4)5)40(33(27)24-28)45(42,43)30-15-9-6-10-16-30/h6-24,26,36H,1-5H3/b29-26+. The Labute approximate surface area is 272 Å². The van der Waals surface area contributed by atoms with E-state index in [4.69, 9.17) is 4.43 Å².